The van der Waals surface area contributed by atoms with Gasteiger partial charge < -0.3 is 15.4 Å². The van der Waals surface area contributed by atoms with E-state index >= 15 is 0 Å². The van der Waals surface area contributed by atoms with Crippen LogP contribution in [0.3, 0.4) is 0 Å². The lowest BCUT2D eigenvalue weighted by atomic mass is 10.1. The minimum atomic E-state index is -0.315. The molecule has 0 aliphatic rings. The third-order valence-electron chi connectivity index (χ3n) is 4.17. The predicted molar refractivity (Wildman–Crippen MR) is 118 cm³/mol. The number of aromatic nitrogens is 4. The van der Waals surface area contributed by atoms with Crippen LogP contribution >= 0.6 is 23.6 Å². The van der Waals surface area contributed by atoms with E-state index in [1.165, 1.54) is 11.3 Å². The summed E-state index contributed by atoms with van der Waals surface area (Å²) < 4.78 is 7.13. The molecule has 2 aromatic carbocycles. The zero-order valence-electron chi connectivity index (χ0n) is 16.0. The van der Waals surface area contributed by atoms with Crippen LogP contribution in [0.25, 0.3) is 15.5 Å². The quantitative estimate of drug-likeness (QED) is 0.447. The maximum Gasteiger partial charge on any atom is 0.264 e. The Morgan fingerprint density at radius 1 is 1.13 bits per heavy atom. The van der Waals surface area contributed by atoms with Crippen LogP contribution in [0.5, 0.6) is 5.75 Å². The van der Waals surface area contributed by atoms with E-state index in [4.69, 9.17) is 17.0 Å². The van der Waals surface area contributed by atoms with E-state index < -0.39 is 0 Å². The molecule has 1 amide bonds. The fourth-order valence-corrected chi connectivity index (χ4v) is 3.73. The second kappa shape index (κ2) is 8.97. The van der Waals surface area contributed by atoms with Crippen molar-refractivity contribution < 1.29 is 9.53 Å². The normalized spacial score (nSPS) is 10.7. The number of nitrogens with zero attached hydrogens (tertiary/aromatic N) is 4. The summed E-state index contributed by atoms with van der Waals surface area (Å²) in [5.41, 5.74) is 2.03. The first-order valence-electron chi connectivity index (χ1n) is 9.12. The number of nitrogens with one attached hydrogen (secondary N) is 2. The molecule has 0 fully saturated rings. The van der Waals surface area contributed by atoms with Gasteiger partial charge in [0.15, 0.2) is 17.5 Å². The number of amides is 1. The number of fused-ring (bicyclic) bond motifs is 1. The van der Waals surface area contributed by atoms with E-state index in [9.17, 15) is 4.79 Å². The summed E-state index contributed by atoms with van der Waals surface area (Å²) in [6.45, 7) is 2.25. The second-order valence-corrected chi connectivity index (χ2v) is 7.74. The number of benzene rings is 2. The third-order valence-corrected chi connectivity index (χ3v) is 5.36. The molecular formula is C20H18N6O2S2. The molecule has 10 heteroatoms. The topological polar surface area (TPSA) is 93.4 Å². The van der Waals surface area contributed by atoms with Crippen LogP contribution in [-0.2, 0) is 11.3 Å². The van der Waals surface area contributed by atoms with Crippen LogP contribution in [0, 0.1) is 6.92 Å². The summed E-state index contributed by atoms with van der Waals surface area (Å²) in [6.07, 6.45) is 0. The first-order valence-corrected chi connectivity index (χ1v) is 10.3. The Bertz CT molecular complexity index is 1170. The summed E-state index contributed by atoms with van der Waals surface area (Å²) >= 11 is 6.67. The fraction of sp³-hybridized carbons (Fsp3) is 0.150. The van der Waals surface area contributed by atoms with Gasteiger partial charge in [-0.2, -0.15) is 9.61 Å². The number of carbonyl (C=O) groups is 1. The van der Waals surface area contributed by atoms with Crippen LogP contribution < -0.4 is 15.4 Å². The highest BCUT2D eigenvalue weighted by atomic mass is 32.1. The van der Waals surface area contributed by atoms with Crippen molar-refractivity contribution in [1.29, 1.82) is 0 Å². The molecule has 0 bridgehead atoms. The SMILES string of the molecule is Cc1nnc2sc(-c3ccc(CNC(=S)NC(=O)COc4ccccc4)cc3)nn12. The predicted octanol–water partition coefficient (Wildman–Crippen LogP) is 2.73. The summed E-state index contributed by atoms with van der Waals surface area (Å²) in [7, 11) is 0. The molecule has 0 spiro atoms. The maximum absolute atomic E-state index is 11.9. The molecule has 2 N–H and O–H groups in total. The van der Waals surface area contributed by atoms with Crippen LogP contribution in [0.2, 0.25) is 0 Å². The highest BCUT2D eigenvalue weighted by molar-refractivity contribution is 7.80. The lowest BCUT2D eigenvalue weighted by Crippen LogP contribution is -2.41. The zero-order chi connectivity index (χ0) is 20.9. The molecule has 0 unspecified atom stereocenters. The lowest BCUT2D eigenvalue weighted by molar-refractivity contribution is -0.121. The van der Waals surface area contributed by atoms with Crippen LogP contribution in [0.15, 0.2) is 54.6 Å². The molecule has 2 heterocycles. The largest absolute Gasteiger partial charge is 0.484 e. The molecule has 0 aliphatic carbocycles. The van der Waals surface area contributed by atoms with Crippen molar-refractivity contribution >= 4 is 39.5 Å². The van der Waals surface area contributed by atoms with Crippen molar-refractivity contribution in [1.82, 2.24) is 30.4 Å². The van der Waals surface area contributed by atoms with Gasteiger partial charge in [0.1, 0.15) is 10.8 Å². The van der Waals surface area contributed by atoms with E-state index in [-0.39, 0.29) is 17.6 Å². The Morgan fingerprint density at radius 3 is 2.63 bits per heavy atom. The van der Waals surface area contributed by atoms with E-state index in [2.05, 4.69) is 25.9 Å². The molecule has 0 aliphatic heterocycles. The standard InChI is InChI=1S/C20H18N6O2S2/c1-13-23-24-20-26(13)25-18(30-20)15-9-7-14(8-10-15)11-21-19(29)22-17(27)12-28-16-5-3-2-4-6-16/h2-10H,11-12H2,1H3,(H2,21,22,27,29). The van der Waals surface area contributed by atoms with E-state index in [0.29, 0.717) is 12.3 Å². The fourth-order valence-electron chi connectivity index (χ4n) is 2.65. The van der Waals surface area contributed by atoms with Crippen LogP contribution in [0.1, 0.15) is 11.4 Å². The molecule has 0 saturated carbocycles. The number of para-hydroxylation sites is 1. The molecule has 0 saturated heterocycles. The average Bonchev–Trinajstić information content (AvgIpc) is 3.34. The lowest BCUT2D eigenvalue weighted by Gasteiger charge is -2.10. The monoisotopic (exact) mass is 438 g/mol. The van der Waals surface area contributed by atoms with Gasteiger partial charge in [-0.05, 0) is 36.8 Å². The van der Waals surface area contributed by atoms with Gasteiger partial charge in [-0.25, -0.2) is 0 Å². The van der Waals surface area contributed by atoms with Crippen LogP contribution in [-0.4, -0.2) is 37.4 Å². The van der Waals surface area contributed by atoms with Crippen molar-refractivity contribution in [3.05, 3.63) is 66.0 Å². The minimum Gasteiger partial charge on any atom is -0.484 e. The Hall–Kier alpha value is -3.37. The molecule has 4 aromatic rings. The summed E-state index contributed by atoms with van der Waals surface area (Å²) in [5.74, 6) is 1.08. The van der Waals surface area contributed by atoms with Crippen molar-refractivity contribution in [3.8, 4) is 16.3 Å². The Labute approximate surface area is 181 Å². The van der Waals surface area contributed by atoms with Gasteiger partial charge in [0.05, 0.1) is 0 Å². The average molecular weight is 439 g/mol. The first kappa shape index (κ1) is 19.9. The number of thiocarbonyl (C=S) groups is 1. The smallest absolute Gasteiger partial charge is 0.264 e. The molecule has 0 radical (unpaired) electrons. The van der Waals surface area contributed by atoms with Gasteiger partial charge in [0, 0.05) is 12.1 Å². The Kier molecular flexibility index (Phi) is 5.96. The summed E-state index contributed by atoms with van der Waals surface area (Å²) in [5, 5.41) is 19.4. The maximum atomic E-state index is 11.9. The minimum absolute atomic E-state index is 0.104. The van der Waals surface area contributed by atoms with E-state index in [1.807, 2.05) is 49.4 Å². The molecule has 8 nitrogen and oxygen atoms in total. The third kappa shape index (κ3) is 4.78. The van der Waals surface area contributed by atoms with Gasteiger partial charge in [-0.1, -0.05) is 53.8 Å². The number of carbonyl (C=O) groups excluding carboxylic acids is 1. The number of ether oxygens (including phenoxy) is 1. The number of aryl methyl sites for hydroxylation is 1. The Morgan fingerprint density at radius 2 is 1.90 bits per heavy atom. The number of rotatable bonds is 6. The second-order valence-electron chi connectivity index (χ2n) is 6.38. The molecule has 30 heavy (non-hydrogen) atoms. The number of hydrogen-bond acceptors (Lipinski definition) is 7. The van der Waals surface area contributed by atoms with Crippen molar-refractivity contribution in [2.45, 2.75) is 13.5 Å². The molecule has 4 rings (SSSR count). The van der Waals surface area contributed by atoms with E-state index in [0.717, 1.165) is 26.9 Å². The van der Waals surface area contributed by atoms with E-state index in [1.54, 1.807) is 16.6 Å². The van der Waals surface area contributed by atoms with Gasteiger partial charge in [-0.3, -0.25) is 4.79 Å². The van der Waals surface area contributed by atoms with Crippen molar-refractivity contribution in [2.75, 3.05) is 6.61 Å². The van der Waals surface area contributed by atoms with Crippen molar-refractivity contribution in [2.24, 2.45) is 0 Å². The highest BCUT2D eigenvalue weighted by Gasteiger charge is 2.10. The molecule has 0 atom stereocenters. The molecule has 2 aromatic heterocycles. The summed E-state index contributed by atoms with van der Waals surface area (Å²) in [6, 6.07) is 17.1. The first-order chi connectivity index (χ1) is 14.6. The van der Waals surface area contributed by atoms with Crippen molar-refractivity contribution in [3.63, 3.8) is 0 Å². The van der Waals surface area contributed by atoms with Gasteiger partial charge in [0.25, 0.3) is 5.91 Å². The zero-order valence-corrected chi connectivity index (χ0v) is 17.7. The Balaban J connectivity index is 1.26. The molecular weight excluding hydrogens is 420 g/mol. The summed E-state index contributed by atoms with van der Waals surface area (Å²) in [4.78, 5) is 12.7. The van der Waals surface area contributed by atoms with Gasteiger partial charge >= 0.3 is 0 Å². The van der Waals surface area contributed by atoms with Gasteiger partial charge in [0.2, 0.25) is 4.96 Å². The van der Waals surface area contributed by atoms with Gasteiger partial charge in [-0.15, -0.1) is 10.2 Å². The number of hydrogen-bond donors (Lipinski definition) is 2. The van der Waals surface area contributed by atoms with Crippen LogP contribution in [0.4, 0.5) is 0 Å². The molecule has 152 valence electrons. The highest BCUT2D eigenvalue weighted by Crippen LogP contribution is 2.25.